The molecule has 0 saturated carbocycles. The van der Waals surface area contributed by atoms with Gasteiger partial charge in [0.1, 0.15) is 23.0 Å². The van der Waals surface area contributed by atoms with Gasteiger partial charge in [0.15, 0.2) is 0 Å². The third-order valence-electron chi connectivity index (χ3n) is 5.84. The van der Waals surface area contributed by atoms with Crippen molar-refractivity contribution >= 4 is 11.6 Å². The zero-order valence-electron chi connectivity index (χ0n) is 18.2. The fourth-order valence-corrected chi connectivity index (χ4v) is 4.19. The number of nitrogens with zero attached hydrogens (tertiary/aromatic N) is 3. The van der Waals surface area contributed by atoms with Crippen LogP contribution in [0.3, 0.4) is 0 Å². The first-order valence-corrected chi connectivity index (χ1v) is 10.5. The minimum absolute atomic E-state index is 0. The number of aryl methyl sites for hydroxylation is 1. The second-order valence-electron chi connectivity index (χ2n) is 7.74. The Morgan fingerprint density at radius 1 is 1.13 bits per heavy atom. The van der Waals surface area contributed by atoms with E-state index < -0.39 is 0 Å². The second kappa shape index (κ2) is 9.16. The molecule has 2 aromatic heterocycles. The minimum atomic E-state index is -0.101. The molecule has 0 bridgehead atoms. The van der Waals surface area contributed by atoms with Gasteiger partial charge in [0.2, 0.25) is 5.78 Å². The monoisotopic (exact) mass is 419 g/mol. The first-order valence-electron chi connectivity index (χ1n) is 10.5. The maximum atomic E-state index is 13.0. The van der Waals surface area contributed by atoms with Gasteiger partial charge in [0.25, 0.3) is 0 Å². The molecule has 1 fully saturated rings. The first-order chi connectivity index (χ1) is 15.1. The molecule has 1 saturated heterocycles. The Morgan fingerprint density at radius 2 is 2.00 bits per heavy atom. The summed E-state index contributed by atoms with van der Waals surface area (Å²) in [6.45, 7) is 3.55. The van der Waals surface area contributed by atoms with E-state index in [1.54, 1.807) is 38.6 Å². The maximum Gasteiger partial charge on any atom is 0.213 e. The second-order valence-corrected chi connectivity index (χ2v) is 7.74. The van der Waals surface area contributed by atoms with E-state index in [2.05, 4.69) is 16.0 Å². The van der Waals surface area contributed by atoms with Gasteiger partial charge < -0.3 is 14.4 Å². The zero-order chi connectivity index (χ0) is 21.8. The lowest BCUT2D eigenvalue weighted by atomic mass is 9.89. The first kappa shape index (κ1) is 20.8. The van der Waals surface area contributed by atoms with E-state index in [0.29, 0.717) is 22.9 Å². The van der Waals surface area contributed by atoms with Gasteiger partial charge in [-0.05, 0) is 62.2 Å². The van der Waals surface area contributed by atoms with E-state index in [4.69, 9.17) is 14.5 Å². The summed E-state index contributed by atoms with van der Waals surface area (Å²) in [6, 6.07) is 15.2. The van der Waals surface area contributed by atoms with E-state index in [0.717, 1.165) is 48.8 Å². The van der Waals surface area contributed by atoms with Crippen LogP contribution in [0, 0.1) is 6.92 Å². The average Bonchev–Trinajstić information content (AvgIpc) is 2.83. The number of ketones is 1. The Hall–Kier alpha value is -3.41. The van der Waals surface area contributed by atoms with Gasteiger partial charge in [0, 0.05) is 43.5 Å². The molecule has 31 heavy (non-hydrogen) atoms. The molecule has 4 rings (SSSR count). The molecule has 1 atom stereocenters. The highest BCUT2D eigenvalue weighted by atomic mass is 16.5. The third kappa shape index (κ3) is 4.38. The molecule has 0 spiro atoms. The number of piperidine rings is 1. The highest BCUT2D eigenvalue weighted by Gasteiger charge is 2.26. The zero-order valence-corrected chi connectivity index (χ0v) is 18.2. The average molecular weight is 420 g/mol. The SMILES string of the molecule is COc1ccc(OC)c(C2CCCN(c3cccc(C(=O)c4cccnc4C)n3)C2)c1.[HH]. The number of carbonyl (C=O) groups excluding carboxylic acids is 1. The fourth-order valence-electron chi connectivity index (χ4n) is 4.19. The molecule has 3 heterocycles. The number of hydrogen-bond acceptors (Lipinski definition) is 6. The van der Waals surface area contributed by atoms with Crippen LogP contribution < -0.4 is 14.4 Å². The number of methoxy groups -OCH3 is 2. The van der Waals surface area contributed by atoms with Crippen molar-refractivity contribution < 1.29 is 15.7 Å². The van der Waals surface area contributed by atoms with Crippen LogP contribution in [0.4, 0.5) is 5.82 Å². The van der Waals surface area contributed by atoms with Crippen LogP contribution in [0.5, 0.6) is 11.5 Å². The molecule has 0 aliphatic carbocycles. The number of aromatic nitrogens is 2. The van der Waals surface area contributed by atoms with Crippen molar-refractivity contribution in [1.29, 1.82) is 0 Å². The van der Waals surface area contributed by atoms with Crippen LogP contribution in [0.1, 0.15) is 47.5 Å². The molecule has 0 radical (unpaired) electrons. The largest absolute Gasteiger partial charge is 0.497 e. The van der Waals surface area contributed by atoms with E-state index >= 15 is 0 Å². The summed E-state index contributed by atoms with van der Waals surface area (Å²) >= 11 is 0. The number of pyridine rings is 2. The van der Waals surface area contributed by atoms with E-state index in [9.17, 15) is 4.79 Å². The van der Waals surface area contributed by atoms with Crippen LogP contribution in [0.2, 0.25) is 0 Å². The predicted molar refractivity (Wildman–Crippen MR) is 122 cm³/mol. The van der Waals surface area contributed by atoms with Gasteiger partial charge in [-0.2, -0.15) is 0 Å². The van der Waals surface area contributed by atoms with Crippen molar-refractivity contribution in [2.45, 2.75) is 25.7 Å². The lowest BCUT2D eigenvalue weighted by Crippen LogP contribution is -2.35. The number of carbonyl (C=O) groups is 1. The molecule has 1 aromatic carbocycles. The molecule has 1 aliphatic heterocycles. The highest BCUT2D eigenvalue weighted by molar-refractivity contribution is 6.08. The van der Waals surface area contributed by atoms with Crippen molar-refractivity contribution in [2.75, 3.05) is 32.2 Å². The van der Waals surface area contributed by atoms with Gasteiger partial charge in [-0.3, -0.25) is 9.78 Å². The van der Waals surface area contributed by atoms with Crippen LogP contribution >= 0.6 is 0 Å². The number of ether oxygens (including phenoxy) is 2. The molecule has 162 valence electrons. The van der Waals surface area contributed by atoms with Crippen LogP contribution in [0.15, 0.2) is 54.7 Å². The molecular formula is C25H29N3O3. The Bertz CT molecular complexity index is 1090. The van der Waals surface area contributed by atoms with Gasteiger partial charge in [-0.15, -0.1) is 0 Å². The van der Waals surface area contributed by atoms with Crippen molar-refractivity contribution in [1.82, 2.24) is 9.97 Å². The standard InChI is InChI=1S/C25H27N3O3.H2/c1-17-20(8-5-13-26-17)25(29)22-9-4-10-24(27-22)28-14-6-7-18(16-28)21-15-19(30-2)11-12-23(21)31-3;/h4-5,8-13,15,18H,6-7,14,16H2,1-3H3;1H. The molecule has 3 aromatic rings. The normalized spacial score (nSPS) is 16.1. The van der Waals surface area contributed by atoms with Crippen molar-refractivity contribution in [3.8, 4) is 11.5 Å². The highest BCUT2D eigenvalue weighted by Crippen LogP contribution is 2.36. The molecular weight excluding hydrogens is 390 g/mol. The summed E-state index contributed by atoms with van der Waals surface area (Å²) in [5, 5.41) is 0. The number of anilines is 1. The lowest BCUT2D eigenvalue weighted by molar-refractivity contribution is 0.103. The predicted octanol–water partition coefficient (Wildman–Crippen LogP) is 4.66. The summed E-state index contributed by atoms with van der Waals surface area (Å²) in [7, 11) is 3.37. The van der Waals surface area contributed by atoms with Gasteiger partial charge in [-0.1, -0.05) is 6.07 Å². The summed E-state index contributed by atoms with van der Waals surface area (Å²) in [4.78, 5) is 24.2. The fraction of sp³-hybridized carbons (Fsp3) is 0.320. The van der Waals surface area contributed by atoms with Crippen molar-refractivity contribution in [2.24, 2.45) is 0 Å². The topological polar surface area (TPSA) is 64.6 Å². The van der Waals surface area contributed by atoms with Gasteiger partial charge in [-0.25, -0.2) is 4.98 Å². The Balaban J connectivity index is 0.00000289. The number of benzene rings is 1. The quantitative estimate of drug-likeness (QED) is 0.541. The van der Waals surface area contributed by atoms with Crippen molar-refractivity contribution in [3.63, 3.8) is 0 Å². The van der Waals surface area contributed by atoms with E-state index in [1.807, 2.05) is 31.2 Å². The van der Waals surface area contributed by atoms with Crippen LogP contribution in [0.25, 0.3) is 0 Å². The summed E-state index contributed by atoms with van der Waals surface area (Å²) in [5.41, 5.74) is 2.88. The summed E-state index contributed by atoms with van der Waals surface area (Å²) in [5.74, 6) is 2.71. The van der Waals surface area contributed by atoms with Crippen LogP contribution in [-0.2, 0) is 0 Å². The summed E-state index contributed by atoms with van der Waals surface area (Å²) in [6.07, 6.45) is 3.79. The minimum Gasteiger partial charge on any atom is -0.497 e. The number of rotatable bonds is 6. The number of hydrogen-bond donors (Lipinski definition) is 0. The Morgan fingerprint density at radius 3 is 2.77 bits per heavy atom. The Labute approximate surface area is 184 Å². The molecule has 1 aliphatic rings. The third-order valence-corrected chi connectivity index (χ3v) is 5.84. The molecule has 6 heteroatoms. The maximum absolute atomic E-state index is 13.0. The lowest BCUT2D eigenvalue weighted by Gasteiger charge is -2.34. The Kier molecular flexibility index (Phi) is 6.16. The molecule has 1 unspecified atom stereocenters. The molecule has 6 nitrogen and oxygen atoms in total. The van der Waals surface area contributed by atoms with E-state index in [1.165, 1.54) is 0 Å². The molecule has 0 amide bonds. The van der Waals surface area contributed by atoms with Gasteiger partial charge >= 0.3 is 0 Å². The van der Waals surface area contributed by atoms with Crippen LogP contribution in [-0.4, -0.2) is 43.1 Å². The van der Waals surface area contributed by atoms with Gasteiger partial charge in [0.05, 0.1) is 14.2 Å². The summed E-state index contributed by atoms with van der Waals surface area (Å²) < 4.78 is 11.0. The molecule has 0 N–H and O–H groups in total. The van der Waals surface area contributed by atoms with E-state index in [-0.39, 0.29) is 7.21 Å². The van der Waals surface area contributed by atoms with Crippen molar-refractivity contribution in [3.05, 3.63) is 77.2 Å². The smallest absolute Gasteiger partial charge is 0.213 e.